The summed E-state index contributed by atoms with van der Waals surface area (Å²) in [6, 6.07) is 0. The first-order valence-corrected chi connectivity index (χ1v) is 11.7. The molecule has 1 saturated heterocycles. The molecular formula is C24H35FN2O2. The van der Waals surface area contributed by atoms with Gasteiger partial charge in [-0.05, 0) is 80.2 Å². The molecule has 4 fully saturated rings. The van der Waals surface area contributed by atoms with Gasteiger partial charge >= 0.3 is 0 Å². The van der Waals surface area contributed by atoms with Gasteiger partial charge in [-0.15, -0.1) is 0 Å². The smallest absolute Gasteiger partial charge is 0.173 e. The first kappa shape index (κ1) is 19.7. The number of carbonyl (C=O) groups excluding carboxylic acids is 1. The van der Waals surface area contributed by atoms with E-state index < -0.39 is 11.6 Å². The van der Waals surface area contributed by atoms with Crippen molar-refractivity contribution in [1.29, 1.82) is 0 Å². The average molecular weight is 403 g/mol. The number of hydrogen-bond donors (Lipinski definition) is 1. The summed E-state index contributed by atoms with van der Waals surface area (Å²) in [6.45, 7) is 8.70. The molecule has 5 aliphatic rings. The Hall–Kier alpha value is -1.23. The topological polar surface area (TPSA) is 50.7 Å². The fraction of sp³-hybridized carbons (Fsp3) is 0.833. The quantitative estimate of drug-likeness (QED) is 0.695. The Kier molecular flexibility index (Phi) is 4.69. The maximum atomic E-state index is 14.4. The Labute approximate surface area is 173 Å². The molecule has 0 radical (unpaired) electrons. The van der Waals surface area contributed by atoms with E-state index in [-0.39, 0.29) is 23.2 Å². The molecule has 0 aromatic carbocycles. The van der Waals surface area contributed by atoms with Crippen molar-refractivity contribution >= 4 is 11.5 Å². The highest BCUT2D eigenvalue weighted by Gasteiger charge is 2.62. The van der Waals surface area contributed by atoms with Gasteiger partial charge in [-0.1, -0.05) is 31.5 Å². The third-order valence-corrected chi connectivity index (χ3v) is 9.33. The van der Waals surface area contributed by atoms with Crippen molar-refractivity contribution in [3.8, 4) is 0 Å². The van der Waals surface area contributed by atoms with Crippen molar-refractivity contribution in [3.05, 3.63) is 11.6 Å². The SMILES string of the molecule is CC1CC2C3CC(F)C(=O)C3(C)CCC2C2(C)CCC(=NOC3CCNC3)C=C12. The van der Waals surface area contributed by atoms with E-state index in [1.165, 1.54) is 5.57 Å². The Morgan fingerprint density at radius 2 is 2.00 bits per heavy atom. The van der Waals surface area contributed by atoms with Crippen LogP contribution >= 0.6 is 0 Å². The highest BCUT2D eigenvalue weighted by Crippen LogP contribution is 2.65. The fourth-order valence-electron chi connectivity index (χ4n) is 7.68. The standard InChI is InChI=1S/C24H35FN2O2/c1-14-10-17-18(5-8-24(3)20(17)12-21(25)22(24)28)23(2)7-4-15(11-19(14)23)27-29-16-6-9-26-13-16/h11,14,16-18,20-21,26H,4-10,12-13H2,1-3H3. The second kappa shape index (κ2) is 6.90. The predicted octanol–water partition coefficient (Wildman–Crippen LogP) is 4.45. The van der Waals surface area contributed by atoms with Crippen LogP contribution in [0.4, 0.5) is 4.39 Å². The lowest BCUT2D eigenvalue weighted by Gasteiger charge is -2.58. The number of nitrogens with one attached hydrogen (secondary N) is 1. The summed E-state index contributed by atoms with van der Waals surface area (Å²) >= 11 is 0. The monoisotopic (exact) mass is 402 g/mol. The first-order valence-electron chi connectivity index (χ1n) is 11.7. The number of alkyl halides is 1. The van der Waals surface area contributed by atoms with Crippen molar-refractivity contribution in [2.24, 2.45) is 39.7 Å². The average Bonchev–Trinajstić information content (AvgIpc) is 3.29. The molecule has 0 spiro atoms. The maximum Gasteiger partial charge on any atom is 0.173 e. The molecule has 160 valence electrons. The second-order valence-corrected chi connectivity index (χ2v) is 10.9. The van der Waals surface area contributed by atoms with Crippen LogP contribution in [-0.2, 0) is 9.63 Å². The summed E-state index contributed by atoms with van der Waals surface area (Å²) in [5.41, 5.74) is 2.31. The van der Waals surface area contributed by atoms with Crippen LogP contribution in [0.15, 0.2) is 16.8 Å². The molecule has 3 saturated carbocycles. The lowest BCUT2D eigenvalue weighted by molar-refractivity contribution is -0.135. The maximum absolute atomic E-state index is 14.4. The van der Waals surface area contributed by atoms with E-state index in [1.807, 2.05) is 0 Å². The molecule has 5 rings (SSSR count). The highest BCUT2D eigenvalue weighted by atomic mass is 19.1. The summed E-state index contributed by atoms with van der Waals surface area (Å²) in [7, 11) is 0. The normalized spacial score (nSPS) is 50.7. The van der Waals surface area contributed by atoms with Gasteiger partial charge < -0.3 is 10.2 Å². The zero-order valence-corrected chi connectivity index (χ0v) is 18.0. The number of Topliss-reactive ketones (excluding diaryl/α,β-unsaturated/α-hetero) is 1. The zero-order valence-electron chi connectivity index (χ0n) is 18.0. The van der Waals surface area contributed by atoms with Crippen LogP contribution in [0.2, 0.25) is 0 Å². The van der Waals surface area contributed by atoms with Crippen molar-refractivity contribution in [2.45, 2.75) is 78.0 Å². The van der Waals surface area contributed by atoms with E-state index in [0.29, 0.717) is 24.2 Å². The van der Waals surface area contributed by atoms with Gasteiger partial charge in [0.15, 0.2) is 12.0 Å². The fourth-order valence-corrected chi connectivity index (χ4v) is 7.68. The highest BCUT2D eigenvalue weighted by molar-refractivity contribution is 5.96. The molecule has 8 unspecified atom stereocenters. The van der Waals surface area contributed by atoms with Gasteiger partial charge in [0.2, 0.25) is 0 Å². The molecule has 1 aliphatic heterocycles. The van der Waals surface area contributed by atoms with E-state index in [2.05, 4.69) is 37.3 Å². The van der Waals surface area contributed by atoms with Crippen LogP contribution in [0.1, 0.15) is 65.7 Å². The molecule has 0 aromatic heterocycles. The molecular weight excluding hydrogens is 367 g/mol. The van der Waals surface area contributed by atoms with E-state index in [4.69, 9.17) is 4.84 Å². The molecule has 1 heterocycles. The molecule has 29 heavy (non-hydrogen) atoms. The third-order valence-electron chi connectivity index (χ3n) is 9.33. The minimum Gasteiger partial charge on any atom is -0.391 e. The Balaban J connectivity index is 1.41. The molecule has 8 atom stereocenters. The summed E-state index contributed by atoms with van der Waals surface area (Å²) in [5.74, 6) is 1.59. The number of ketones is 1. The molecule has 4 aliphatic carbocycles. The lowest BCUT2D eigenvalue weighted by Crippen LogP contribution is -2.52. The van der Waals surface area contributed by atoms with Crippen LogP contribution < -0.4 is 5.32 Å². The number of halogens is 1. The third kappa shape index (κ3) is 2.94. The molecule has 5 heteroatoms. The molecule has 4 nitrogen and oxygen atoms in total. The van der Waals surface area contributed by atoms with E-state index in [1.54, 1.807) is 0 Å². The van der Waals surface area contributed by atoms with Crippen molar-refractivity contribution < 1.29 is 14.0 Å². The van der Waals surface area contributed by atoms with Crippen LogP contribution in [0, 0.1) is 34.5 Å². The van der Waals surface area contributed by atoms with Crippen LogP contribution in [-0.4, -0.2) is 36.9 Å². The Morgan fingerprint density at radius 1 is 1.17 bits per heavy atom. The number of nitrogens with zero attached hydrogens (tertiary/aromatic N) is 1. The number of fused-ring (bicyclic) bond motifs is 5. The van der Waals surface area contributed by atoms with Crippen molar-refractivity contribution in [3.63, 3.8) is 0 Å². The number of rotatable bonds is 2. The number of oxime groups is 1. The number of hydrogen-bond acceptors (Lipinski definition) is 4. The van der Waals surface area contributed by atoms with Gasteiger partial charge in [0.1, 0.15) is 6.10 Å². The van der Waals surface area contributed by atoms with Gasteiger partial charge in [-0.3, -0.25) is 4.79 Å². The molecule has 1 N–H and O–H groups in total. The minimum absolute atomic E-state index is 0.114. The summed E-state index contributed by atoms with van der Waals surface area (Å²) in [4.78, 5) is 18.4. The van der Waals surface area contributed by atoms with Crippen molar-refractivity contribution in [2.75, 3.05) is 13.1 Å². The van der Waals surface area contributed by atoms with Gasteiger partial charge in [-0.25, -0.2) is 4.39 Å². The van der Waals surface area contributed by atoms with E-state index in [0.717, 1.165) is 57.3 Å². The predicted molar refractivity (Wildman–Crippen MR) is 111 cm³/mol. The van der Waals surface area contributed by atoms with Gasteiger partial charge in [0.25, 0.3) is 0 Å². The van der Waals surface area contributed by atoms with Crippen LogP contribution in [0.25, 0.3) is 0 Å². The van der Waals surface area contributed by atoms with Crippen LogP contribution in [0.5, 0.6) is 0 Å². The molecule has 0 bridgehead atoms. The first-order chi connectivity index (χ1) is 13.8. The van der Waals surface area contributed by atoms with Crippen molar-refractivity contribution in [1.82, 2.24) is 5.32 Å². The zero-order chi connectivity index (χ0) is 20.4. The minimum atomic E-state index is -1.24. The largest absolute Gasteiger partial charge is 0.391 e. The van der Waals surface area contributed by atoms with Crippen LogP contribution in [0.3, 0.4) is 0 Å². The number of carbonyl (C=O) groups is 1. The number of allylic oxidation sites excluding steroid dienone is 2. The van der Waals surface area contributed by atoms with E-state index >= 15 is 0 Å². The Morgan fingerprint density at radius 3 is 2.76 bits per heavy atom. The lowest BCUT2D eigenvalue weighted by atomic mass is 9.46. The summed E-state index contributed by atoms with van der Waals surface area (Å²) in [6.07, 6.45) is 7.78. The molecule has 0 aromatic rings. The van der Waals surface area contributed by atoms with E-state index in [9.17, 15) is 9.18 Å². The second-order valence-electron chi connectivity index (χ2n) is 10.9. The summed E-state index contributed by atoms with van der Waals surface area (Å²) in [5, 5.41) is 7.83. The summed E-state index contributed by atoms with van der Waals surface area (Å²) < 4.78 is 14.4. The van der Waals surface area contributed by atoms with Gasteiger partial charge in [0, 0.05) is 18.4 Å². The van der Waals surface area contributed by atoms with Gasteiger partial charge in [0.05, 0.1) is 5.71 Å². The van der Waals surface area contributed by atoms with Gasteiger partial charge in [-0.2, -0.15) is 0 Å². The Bertz CT molecular complexity index is 758. The molecule has 0 amide bonds.